The van der Waals surface area contributed by atoms with Crippen LogP contribution in [-0.2, 0) is 23.6 Å². The van der Waals surface area contributed by atoms with E-state index in [2.05, 4.69) is 47.4 Å². The van der Waals surface area contributed by atoms with Gasteiger partial charge in [0.05, 0.1) is 12.7 Å². The van der Waals surface area contributed by atoms with Crippen LogP contribution >= 0.6 is 13.4 Å². The lowest BCUT2D eigenvalue weighted by Crippen LogP contribution is -2.09. The van der Waals surface area contributed by atoms with E-state index in [1.807, 2.05) is 41.5 Å². The van der Waals surface area contributed by atoms with Gasteiger partial charge >= 0.3 is 19.4 Å². The second kappa shape index (κ2) is 21.0. The van der Waals surface area contributed by atoms with Crippen LogP contribution in [0.15, 0.2) is 6.07 Å². The Morgan fingerprint density at radius 3 is 1.55 bits per heavy atom. The van der Waals surface area contributed by atoms with Crippen LogP contribution in [0.5, 0.6) is 11.9 Å². The minimum Gasteiger partial charge on any atom is -0.478 e. The fourth-order valence-electron chi connectivity index (χ4n) is 0.999. The highest BCUT2D eigenvalue weighted by molar-refractivity contribution is 8.06. The lowest BCUT2D eigenvalue weighted by atomic mass is 10.4. The Balaban J connectivity index is -0.000000173. The third-order valence-electron chi connectivity index (χ3n) is 1.44. The zero-order valence-electron chi connectivity index (χ0n) is 18.2. The number of hydrogen-bond donors (Lipinski definition) is 6. The van der Waals surface area contributed by atoms with Crippen LogP contribution in [0.1, 0.15) is 60.6 Å². The normalized spacial score (nSPS) is 9.90. The van der Waals surface area contributed by atoms with Crippen molar-refractivity contribution in [2.75, 3.05) is 6.61 Å². The first-order valence-corrected chi connectivity index (χ1v) is 14.1. The fourth-order valence-corrected chi connectivity index (χ4v) is 0.999. The van der Waals surface area contributed by atoms with Gasteiger partial charge in [-0.05, 0) is 51.3 Å². The maximum atomic E-state index is 7.56. The predicted molar refractivity (Wildman–Crippen MR) is 123 cm³/mol. The molecule has 176 valence electrons. The Morgan fingerprint density at radius 2 is 1.28 bits per heavy atom. The van der Waals surface area contributed by atoms with Crippen molar-refractivity contribution >= 4 is 37.1 Å². The summed E-state index contributed by atoms with van der Waals surface area (Å²) in [5.74, 6) is 0.565. The molecule has 1 aromatic rings. The summed E-state index contributed by atoms with van der Waals surface area (Å²) in [5.41, 5.74) is 0.846. The SMILES string of the molecule is CC.CCC.CCOc1cc(C)nc(OC(C)C)n1.OP(O)(O)=S.OP(O)(O)=S. The summed E-state index contributed by atoms with van der Waals surface area (Å²) in [7, 11) is 0. The molecular weight excluding hydrogens is 462 g/mol. The van der Waals surface area contributed by atoms with Gasteiger partial charge in [-0.15, -0.1) is 0 Å². The average molecular weight is 499 g/mol. The van der Waals surface area contributed by atoms with Gasteiger partial charge < -0.3 is 38.8 Å². The molecule has 0 aliphatic rings. The molecule has 1 rings (SSSR count). The molecule has 0 aliphatic carbocycles. The monoisotopic (exact) mass is 498 g/mol. The predicted octanol–water partition coefficient (Wildman–Crippen LogP) is 2.79. The standard InChI is InChI=1S/C10H16N2O2.C3H8.C2H6.2H3O3PS/c1-5-13-9-6-8(4)11-10(12-9)14-7(2)3;1-3-2;1-2;2*1-4(2,3)5/h6-7H,5H2,1-4H3;3H2,1-2H3;1-2H3;2*(H3,1,2,3,5). The largest absolute Gasteiger partial charge is 0.478 e. The Labute approximate surface area is 184 Å². The van der Waals surface area contributed by atoms with E-state index in [0.717, 1.165) is 5.69 Å². The van der Waals surface area contributed by atoms with Gasteiger partial charge in [-0.3, -0.25) is 0 Å². The maximum Gasteiger partial charge on any atom is 0.320 e. The zero-order valence-corrected chi connectivity index (χ0v) is 21.6. The summed E-state index contributed by atoms with van der Waals surface area (Å²) < 4.78 is 10.7. The molecule has 0 saturated carbocycles. The molecule has 29 heavy (non-hydrogen) atoms. The minimum absolute atomic E-state index is 0.0753. The van der Waals surface area contributed by atoms with Crippen molar-refractivity contribution in [3.05, 3.63) is 11.8 Å². The van der Waals surface area contributed by atoms with Crippen LogP contribution in [0, 0.1) is 6.92 Å². The van der Waals surface area contributed by atoms with Gasteiger partial charge in [-0.1, -0.05) is 34.1 Å². The van der Waals surface area contributed by atoms with Gasteiger partial charge in [-0.25, -0.2) is 4.98 Å². The molecule has 0 spiro atoms. The summed E-state index contributed by atoms with van der Waals surface area (Å²) in [6.07, 6.45) is 1.33. The van der Waals surface area contributed by atoms with Gasteiger partial charge in [-0.2, -0.15) is 4.98 Å². The van der Waals surface area contributed by atoms with Crippen molar-refractivity contribution < 1.29 is 38.8 Å². The number of hydrogen-bond acceptors (Lipinski definition) is 6. The molecular formula is C15H36N2O8P2S2. The highest BCUT2D eigenvalue weighted by Gasteiger charge is 2.05. The molecule has 10 nitrogen and oxygen atoms in total. The molecule has 6 N–H and O–H groups in total. The Hall–Kier alpha value is -0.260. The second-order valence-corrected chi connectivity index (χ2v) is 9.96. The summed E-state index contributed by atoms with van der Waals surface area (Å²) in [6, 6.07) is 2.17. The van der Waals surface area contributed by atoms with Crippen LogP contribution in [0.2, 0.25) is 0 Å². The fraction of sp³-hybridized carbons (Fsp3) is 0.733. The van der Waals surface area contributed by atoms with Crippen molar-refractivity contribution in [2.45, 2.75) is 67.9 Å². The molecule has 0 bridgehead atoms. The Bertz CT molecular complexity index is 561. The van der Waals surface area contributed by atoms with Gasteiger partial charge in [0.15, 0.2) is 0 Å². The first kappa shape index (κ1) is 36.1. The topological polar surface area (TPSA) is 166 Å². The van der Waals surface area contributed by atoms with E-state index in [9.17, 15) is 0 Å². The van der Waals surface area contributed by atoms with E-state index in [4.69, 9.17) is 38.8 Å². The number of ether oxygens (including phenoxy) is 2. The Kier molecular flexibility index (Phi) is 26.2. The van der Waals surface area contributed by atoms with Gasteiger partial charge in [0, 0.05) is 11.8 Å². The van der Waals surface area contributed by atoms with Crippen LogP contribution in [-0.4, -0.2) is 52.0 Å². The van der Waals surface area contributed by atoms with Crippen molar-refractivity contribution in [1.82, 2.24) is 9.97 Å². The lowest BCUT2D eigenvalue weighted by Gasteiger charge is -2.09. The summed E-state index contributed by atoms with van der Waals surface area (Å²) in [5, 5.41) is 0. The van der Waals surface area contributed by atoms with Gasteiger partial charge in [0.25, 0.3) is 0 Å². The lowest BCUT2D eigenvalue weighted by molar-refractivity contribution is 0.216. The van der Waals surface area contributed by atoms with Crippen molar-refractivity contribution in [3.63, 3.8) is 0 Å². The molecule has 0 fully saturated rings. The van der Waals surface area contributed by atoms with E-state index in [-0.39, 0.29) is 6.10 Å². The molecule has 0 radical (unpaired) electrons. The molecule has 0 saturated heterocycles. The van der Waals surface area contributed by atoms with E-state index in [1.54, 1.807) is 6.07 Å². The molecule has 0 amide bonds. The molecule has 0 aromatic carbocycles. The molecule has 14 heteroatoms. The first-order chi connectivity index (χ1) is 13.0. The molecule has 0 aliphatic heterocycles. The zero-order chi connectivity index (χ0) is 24.3. The number of nitrogens with zero attached hydrogens (tertiary/aromatic N) is 2. The van der Waals surface area contributed by atoms with Crippen molar-refractivity contribution in [1.29, 1.82) is 0 Å². The number of rotatable bonds is 4. The smallest absolute Gasteiger partial charge is 0.320 e. The highest BCUT2D eigenvalue weighted by Crippen LogP contribution is 2.27. The van der Waals surface area contributed by atoms with Gasteiger partial charge in [0.1, 0.15) is 0 Å². The minimum atomic E-state index is -3.81. The number of aromatic nitrogens is 2. The molecule has 1 aromatic heterocycles. The van der Waals surface area contributed by atoms with E-state index >= 15 is 0 Å². The molecule has 0 unspecified atom stereocenters. The Morgan fingerprint density at radius 1 is 0.931 bits per heavy atom. The van der Waals surface area contributed by atoms with Crippen LogP contribution in [0.4, 0.5) is 0 Å². The van der Waals surface area contributed by atoms with Gasteiger partial charge in [0.2, 0.25) is 5.88 Å². The van der Waals surface area contributed by atoms with Crippen molar-refractivity contribution in [2.24, 2.45) is 0 Å². The first-order valence-electron chi connectivity index (χ1n) is 8.75. The number of aryl methyl sites for hydroxylation is 1. The maximum absolute atomic E-state index is 7.56. The van der Waals surface area contributed by atoms with E-state index in [0.29, 0.717) is 18.5 Å². The highest BCUT2D eigenvalue weighted by atomic mass is 32.5. The molecule has 0 atom stereocenters. The molecule has 1 heterocycles. The van der Waals surface area contributed by atoms with Crippen molar-refractivity contribution in [3.8, 4) is 11.9 Å². The summed E-state index contributed by atoms with van der Waals surface area (Å²) >= 11 is 7.21. The average Bonchev–Trinajstić information content (AvgIpc) is 2.45. The quantitative estimate of drug-likeness (QED) is 0.337. The van der Waals surface area contributed by atoms with E-state index in [1.165, 1.54) is 6.42 Å². The van der Waals surface area contributed by atoms with E-state index < -0.39 is 13.4 Å². The third-order valence-corrected chi connectivity index (χ3v) is 1.44. The third kappa shape index (κ3) is 52.3. The van der Waals surface area contributed by atoms with Crippen LogP contribution in [0.25, 0.3) is 0 Å². The van der Waals surface area contributed by atoms with Crippen LogP contribution in [0.3, 0.4) is 0 Å². The van der Waals surface area contributed by atoms with Crippen LogP contribution < -0.4 is 9.47 Å². The second-order valence-electron chi connectivity index (χ2n) is 4.96. The summed E-state index contributed by atoms with van der Waals surface area (Å²) in [4.78, 5) is 53.6. The summed E-state index contributed by atoms with van der Waals surface area (Å²) in [6.45, 7) is 8.91.